The molecule has 10 heteroatoms. The Morgan fingerprint density at radius 2 is 1.86 bits per heavy atom. The number of rotatable bonds is 10. The van der Waals surface area contributed by atoms with Crippen molar-refractivity contribution >= 4 is 21.9 Å². The second-order valence-corrected chi connectivity index (χ2v) is 11.1. The van der Waals surface area contributed by atoms with Crippen LogP contribution in [0.5, 0.6) is 0 Å². The fraction of sp³-hybridized carbons (Fsp3) is 0.500. The summed E-state index contributed by atoms with van der Waals surface area (Å²) in [6.07, 6.45) is 5.98. The Morgan fingerprint density at radius 1 is 1.14 bits per heavy atom. The largest absolute Gasteiger partial charge is 0.465 e. The molecule has 2 aromatic rings. The summed E-state index contributed by atoms with van der Waals surface area (Å²) in [5.41, 5.74) is 3.66. The molecule has 1 aliphatic carbocycles. The molecule has 0 unspecified atom stereocenters. The van der Waals surface area contributed by atoms with Crippen molar-refractivity contribution in [2.45, 2.75) is 62.8 Å². The highest BCUT2D eigenvalue weighted by Crippen LogP contribution is 2.24. The summed E-state index contributed by atoms with van der Waals surface area (Å²) in [5, 5.41) is 0. The van der Waals surface area contributed by atoms with Crippen LogP contribution in [0.25, 0.3) is 0 Å². The van der Waals surface area contributed by atoms with Crippen LogP contribution in [-0.4, -0.2) is 55.9 Å². The van der Waals surface area contributed by atoms with Crippen molar-refractivity contribution in [2.75, 3.05) is 19.7 Å². The number of nitrogens with one attached hydrogen (secondary N) is 1. The van der Waals surface area contributed by atoms with E-state index in [0.717, 1.165) is 55.6 Å². The standard InChI is InChI=1S/C26H32FN3O5S/c1-2-35-26(32)24(29-36(33,34)22-13-9-20(27)10-14-22)15-25(31)30-16-18(17-30)7-11-21-12-8-19-5-3-4-6-23(19)28-21/h8-10,12-14,18,24,29H,2-7,11,15-17H2,1H3/t24-/m0/s1. The average Bonchev–Trinajstić information content (AvgIpc) is 2.83. The van der Waals surface area contributed by atoms with Gasteiger partial charge in [-0.2, -0.15) is 4.72 Å². The number of benzene rings is 1. The molecule has 2 aliphatic rings. The lowest BCUT2D eigenvalue weighted by Gasteiger charge is -2.40. The number of esters is 1. The minimum absolute atomic E-state index is 0.0459. The second kappa shape index (κ2) is 11.5. The fourth-order valence-corrected chi connectivity index (χ4v) is 5.85. The Kier molecular flexibility index (Phi) is 8.35. The highest BCUT2D eigenvalue weighted by atomic mass is 32.2. The van der Waals surface area contributed by atoms with Gasteiger partial charge in [0.05, 0.1) is 17.9 Å². The van der Waals surface area contributed by atoms with Gasteiger partial charge in [-0.15, -0.1) is 0 Å². The Morgan fingerprint density at radius 3 is 2.58 bits per heavy atom. The number of hydrogen-bond donors (Lipinski definition) is 1. The average molecular weight is 518 g/mol. The van der Waals surface area contributed by atoms with Gasteiger partial charge in [0, 0.05) is 24.5 Å². The van der Waals surface area contributed by atoms with E-state index >= 15 is 0 Å². The summed E-state index contributed by atoms with van der Waals surface area (Å²) in [6, 6.07) is 7.14. The van der Waals surface area contributed by atoms with Gasteiger partial charge in [0.2, 0.25) is 15.9 Å². The van der Waals surface area contributed by atoms with Crippen LogP contribution in [0.2, 0.25) is 0 Å². The van der Waals surface area contributed by atoms with Crippen molar-refractivity contribution in [3.8, 4) is 0 Å². The van der Waals surface area contributed by atoms with Crippen LogP contribution in [0.15, 0.2) is 41.3 Å². The number of fused-ring (bicyclic) bond motifs is 1. The number of carbonyl (C=O) groups excluding carboxylic acids is 2. The van der Waals surface area contributed by atoms with Crippen molar-refractivity contribution in [3.05, 3.63) is 59.2 Å². The molecule has 1 aliphatic heterocycles. The third-order valence-electron chi connectivity index (χ3n) is 6.73. The number of aromatic nitrogens is 1. The van der Waals surface area contributed by atoms with Crippen LogP contribution in [0.4, 0.5) is 4.39 Å². The Balaban J connectivity index is 1.30. The van der Waals surface area contributed by atoms with Crippen LogP contribution in [0.3, 0.4) is 0 Å². The number of ether oxygens (including phenoxy) is 1. The molecule has 4 rings (SSSR count). The molecule has 0 spiro atoms. The number of pyridine rings is 1. The molecule has 0 radical (unpaired) electrons. The van der Waals surface area contributed by atoms with E-state index in [4.69, 9.17) is 9.72 Å². The van der Waals surface area contributed by atoms with Gasteiger partial charge in [0.1, 0.15) is 11.9 Å². The zero-order chi connectivity index (χ0) is 25.7. The Hall–Kier alpha value is -2.85. The molecule has 36 heavy (non-hydrogen) atoms. The van der Waals surface area contributed by atoms with Gasteiger partial charge in [0.15, 0.2) is 0 Å². The molecule has 8 nitrogen and oxygen atoms in total. The summed E-state index contributed by atoms with van der Waals surface area (Å²) in [5.74, 6) is -1.39. The lowest BCUT2D eigenvalue weighted by Crippen LogP contribution is -2.53. The van der Waals surface area contributed by atoms with Crippen molar-refractivity contribution in [1.82, 2.24) is 14.6 Å². The van der Waals surface area contributed by atoms with E-state index in [9.17, 15) is 22.4 Å². The highest BCUT2D eigenvalue weighted by molar-refractivity contribution is 7.89. The van der Waals surface area contributed by atoms with Crippen molar-refractivity contribution in [1.29, 1.82) is 0 Å². The van der Waals surface area contributed by atoms with Crippen LogP contribution in [0.1, 0.15) is 49.6 Å². The molecule has 2 heterocycles. The minimum Gasteiger partial charge on any atom is -0.465 e. The first-order valence-electron chi connectivity index (χ1n) is 12.4. The summed E-state index contributed by atoms with van der Waals surface area (Å²) in [7, 11) is -4.15. The molecule has 1 atom stereocenters. The van der Waals surface area contributed by atoms with E-state index < -0.39 is 27.9 Å². The number of sulfonamides is 1. The number of aryl methyl sites for hydroxylation is 3. The number of nitrogens with zero attached hydrogens (tertiary/aromatic N) is 2. The molecular formula is C26H32FN3O5S. The summed E-state index contributed by atoms with van der Waals surface area (Å²) >= 11 is 0. The smallest absolute Gasteiger partial charge is 0.324 e. The molecule has 1 aromatic carbocycles. The first-order chi connectivity index (χ1) is 17.2. The first-order valence-corrected chi connectivity index (χ1v) is 13.9. The lowest BCUT2D eigenvalue weighted by atomic mass is 9.92. The molecule has 1 aromatic heterocycles. The maximum Gasteiger partial charge on any atom is 0.324 e. The maximum absolute atomic E-state index is 13.2. The van der Waals surface area contributed by atoms with Crippen molar-refractivity contribution in [2.24, 2.45) is 5.92 Å². The molecular weight excluding hydrogens is 485 g/mol. The molecule has 1 fully saturated rings. The van der Waals surface area contributed by atoms with E-state index in [2.05, 4.69) is 16.9 Å². The van der Waals surface area contributed by atoms with Gasteiger partial charge >= 0.3 is 5.97 Å². The molecule has 0 saturated carbocycles. The highest BCUT2D eigenvalue weighted by Gasteiger charge is 2.35. The van der Waals surface area contributed by atoms with Gasteiger partial charge in [-0.05, 0) is 87.3 Å². The lowest BCUT2D eigenvalue weighted by molar-refractivity contribution is -0.149. The number of halogens is 1. The normalized spacial score (nSPS) is 16.7. The zero-order valence-corrected chi connectivity index (χ0v) is 21.2. The van der Waals surface area contributed by atoms with Crippen molar-refractivity contribution in [3.63, 3.8) is 0 Å². The van der Waals surface area contributed by atoms with Crippen LogP contribution < -0.4 is 4.72 Å². The summed E-state index contributed by atoms with van der Waals surface area (Å²) in [4.78, 5) is 31.5. The molecule has 1 saturated heterocycles. The molecule has 0 bridgehead atoms. The number of carbonyl (C=O) groups is 2. The predicted octanol–water partition coefficient (Wildman–Crippen LogP) is 2.79. The van der Waals surface area contributed by atoms with E-state index in [-0.39, 0.29) is 23.8 Å². The van der Waals surface area contributed by atoms with Gasteiger partial charge in [-0.3, -0.25) is 14.6 Å². The van der Waals surface area contributed by atoms with Crippen LogP contribution >= 0.6 is 0 Å². The SMILES string of the molecule is CCOC(=O)[C@H](CC(=O)N1CC(CCc2ccc3c(n2)CCCC3)C1)NS(=O)(=O)c1ccc(F)cc1. The van der Waals surface area contributed by atoms with Gasteiger partial charge in [-0.25, -0.2) is 12.8 Å². The van der Waals surface area contributed by atoms with Crippen LogP contribution in [-0.2, 0) is 43.6 Å². The van der Waals surface area contributed by atoms with E-state index in [1.807, 2.05) is 0 Å². The quantitative estimate of drug-likeness (QED) is 0.486. The Labute approximate surface area is 211 Å². The number of likely N-dealkylation sites (tertiary alicyclic amines) is 1. The van der Waals surface area contributed by atoms with Crippen molar-refractivity contribution < 1.29 is 27.1 Å². The van der Waals surface area contributed by atoms with Gasteiger partial charge < -0.3 is 9.64 Å². The second-order valence-electron chi connectivity index (χ2n) is 9.40. The predicted molar refractivity (Wildman–Crippen MR) is 131 cm³/mol. The van der Waals surface area contributed by atoms with Crippen LogP contribution in [0, 0.1) is 11.7 Å². The van der Waals surface area contributed by atoms with E-state index in [0.29, 0.717) is 19.0 Å². The molecule has 1 N–H and O–H groups in total. The topological polar surface area (TPSA) is 106 Å². The monoisotopic (exact) mass is 517 g/mol. The van der Waals surface area contributed by atoms with E-state index in [1.165, 1.54) is 24.1 Å². The number of hydrogen-bond acceptors (Lipinski definition) is 6. The minimum atomic E-state index is -4.15. The summed E-state index contributed by atoms with van der Waals surface area (Å²) in [6.45, 7) is 2.76. The third kappa shape index (κ3) is 6.47. The zero-order valence-electron chi connectivity index (χ0n) is 20.4. The number of amides is 1. The maximum atomic E-state index is 13.2. The first kappa shape index (κ1) is 26.2. The Bertz CT molecular complexity index is 1200. The molecule has 1 amide bonds. The summed E-state index contributed by atoms with van der Waals surface area (Å²) < 4.78 is 45.8. The van der Waals surface area contributed by atoms with E-state index in [1.54, 1.807) is 11.8 Å². The van der Waals surface area contributed by atoms with Gasteiger partial charge in [0.25, 0.3) is 0 Å². The fourth-order valence-electron chi connectivity index (χ4n) is 4.66. The van der Waals surface area contributed by atoms with Gasteiger partial charge in [-0.1, -0.05) is 6.07 Å². The molecule has 194 valence electrons. The third-order valence-corrected chi connectivity index (χ3v) is 8.21.